The second-order valence-electron chi connectivity index (χ2n) is 5.44. The van der Waals surface area contributed by atoms with Gasteiger partial charge in [0.1, 0.15) is 0 Å². The van der Waals surface area contributed by atoms with Crippen molar-refractivity contribution in [3.63, 3.8) is 0 Å². The molecule has 1 aliphatic heterocycles. The first-order valence-corrected chi connectivity index (χ1v) is 6.66. The van der Waals surface area contributed by atoms with Crippen LogP contribution >= 0.6 is 12.4 Å². The van der Waals surface area contributed by atoms with Gasteiger partial charge in [-0.1, -0.05) is 6.42 Å². The van der Waals surface area contributed by atoms with Crippen molar-refractivity contribution >= 4 is 18.3 Å². The van der Waals surface area contributed by atoms with E-state index in [0.29, 0.717) is 18.6 Å². The molecule has 0 spiro atoms. The lowest BCUT2D eigenvalue weighted by Gasteiger charge is -2.44. The maximum Gasteiger partial charge on any atom is 0.228 e. The predicted molar refractivity (Wildman–Crippen MR) is 74.1 cm³/mol. The minimum absolute atomic E-state index is 0. The zero-order chi connectivity index (χ0) is 12.3. The first-order valence-electron chi connectivity index (χ1n) is 6.66. The van der Waals surface area contributed by atoms with E-state index in [9.17, 15) is 4.79 Å². The zero-order valence-electron chi connectivity index (χ0n) is 11.4. The third-order valence-corrected chi connectivity index (χ3v) is 4.45. The monoisotopic (exact) mass is 276 g/mol. The fourth-order valence-corrected chi connectivity index (χ4v) is 2.98. The van der Waals surface area contributed by atoms with Gasteiger partial charge in [0.25, 0.3) is 0 Å². The number of ether oxygens (including phenoxy) is 1. The van der Waals surface area contributed by atoms with Crippen LogP contribution < -0.4 is 5.32 Å². The molecule has 1 heterocycles. The van der Waals surface area contributed by atoms with Crippen molar-refractivity contribution in [2.45, 2.75) is 38.1 Å². The van der Waals surface area contributed by atoms with Crippen LogP contribution in [0, 0.1) is 5.41 Å². The summed E-state index contributed by atoms with van der Waals surface area (Å²) in [5.41, 5.74) is -0.104. The van der Waals surface area contributed by atoms with Gasteiger partial charge < -0.3 is 15.0 Å². The van der Waals surface area contributed by atoms with Crippen LogP contribution in [0.5, 0.6) is 0 Å². The molecule has 1 atom stereocenters. The maximum atomic E-state index is 12.6. The number of likely N-dealkylation sites (N-methyl/N-ethyl adjacent to an activating group) is 1. The minimum atomic E-state index is -0.104. The average molecular weight is 277 g/mol. The van der Waals surface area contributed by atoms with Crippen LogP contribution in [-0.4, -0.2) is 50.7 Å². The zero-order valence-corrected chi connectivity index (χ0v) is 12.2. The summed E-state index contributed by atoms with van der Waals surface area (Å²) >= 11 is 0. The second-order valence-corrected chi connectivity index (χ2v) is 5.44. The van der Waals surface area contributed by atoms with Crippen LogP contribution in [0.4, 0.5) is 0 Å². The Morgan fingerprint density at radius 2 is 2.22 bits per heavy atom. The number of carbonyl (C=O) groups is 1. The van der Waals surface area contributed by atoms with Gasteiger partial charge in [0.2, 0.25) is 5.91 Å². The van der Waals surface area contributed by atoms with E-state index < -0.39 is 0 Å². The van der Waals surface area contributed by atoms with Gasteiger partial charge in [-0.3, -0.25) is 4.79 Å². The Balaban J connectivity index is 0.00000162. The molecule has 18 heavy (non-hydrogen) atoms. The number of nitrogens with one attached hydrogen (secondary N) is 1. The van der Waals surface area contributed by atoms with Crippen molar-refractivity contribution < 1.29 is 9.53 Å². The van der Waals surface area contributed by atoms with Gasteiger partial charge in [0.15, 0.2) is 0 Å². The number of hydrogen-bond donors (Lipinski definition) is 1. The molecule has 0 radical (unpaired) electrons. The summed E-state index contributed by atoms with van der Waals surface area (Å²) in [5.74, 6) is 0.342. The topological polar surface area (TPSA) is 41.6 Å². The first kappa shape index (κ1) is 15.7. The van der Waals surface area contributed by atoms with Crippen molar-refractivity contribution in [2.24, 2.45) is 5.41 Å². The molecule has 1 aliphatic carbocycles. The van der Waals surface area contributed by atoms with Gasteiger partial charge in [-0.25, -0.2) is 0 Å². The Bertz CT molecular complexity index is 276. The quantitative estimate of drug-likeness (QED) is 0.826. The lowest BCUT2D eigenvalue weighted by molar-refractivity contribution is -0.149. The molecule has 1 amide bonds. The number of methoxy groups -OCH3 is 1. The SMILES string of the molecule is COCCC1(C(=O)N(C)C2CCNC2)CCC1.Cl. The van der Waals surface area contributed by atoms with Gasteiger partial charge >= 0.3 is 0 Å². The normalized spacial score (nSPS) is 25.1. The Hall–Kier alpha value is -0.320. The summed E-state index contributed by atoms with van der Waals surface area (Å²) in [6.45, 7) is 2.68. The van der Waals surface area contributed by atoms with Crippen LogP contribution in [-0.2, 0) is 9.53 Å². The van der Waals surface area contributed by atoms with E-state index in [1.165, 1.54) is 6.42 Å². The number of carbonyl (C=O) groups excluding carboxylic acids is 1. The molecule has 4 nitrogen and oxygen atoms in total. The van der Waals surface area contributed by atoms with Gasteiger partial charge in [-0.15, -0.1) is 12.4 Å². The third kappa shape index (κ3) is 2.98. The van der Waals surface area contributed by atoms with E-state index in [-0.39, 0.29) is 17.8 Å². The van der Waals surface area contributed by atoms with Crippen LogP contribution in [0.25, 0.3) is 0 Å². The highest BCUT2D eigenvalue weighted by molar-refractivity contribution is 5.85. The number of halogens is 1. The lowest BCUT2D eigenvalue weighted by Crippen LogP contribution is -2.50. The molecule has 2 rings (SSSR count). The minimum Gasteiger partial charge on any atom is -0.385 e. The molecule has 0 aromatic rings. The highest BCUT2D eigenvalue weighted by Crippen LogP contribution is 2.45. The van der Waals surface area contributed by atoms with Gasteiger partial charge in [-0.05, 0) is 32.2 Å². The fourth-order valence-electron chi connectivity index (χ4n) is 2.98. The standard InChI is InChI=1S/C13H24N2O2.ClH/c1-15(11-4-8-14-10-11)12(16)13(5-3-6-13)7-9-17-2;/h11,14H,3-10H2,1-2H3;1H. The molecular formula is C13H25ClN2O2. The number of amides is 1. The van der Waals surface area contributed by atoms with E-state index in [1.54, 1.807) is 7.11 Å². The van der Waals surface area contributed by atoms with Crippen molar-refractivity contribution in [3.8, 4) is 0 Å². The molecule has 1 saturated carbocycles. The number of hydrogen-bond acceptors (Lipinski definition) is 3. The van der Waals surface area contributed by atoms with Crippen LogP contribution in [0.15, 0.2) is 0 Å². The molecule has 1 saturated heterocycles. The van der Waals surface area contributed by atoms with Crippen molar-refractivity contribution in [1.29, 1.82) is 0 Å². The summed E-state index contributed by atoms with van der Waals surface area (Å²) < 4.78 is 5.15. The van der Waals surface area contributed by atoms with Crippen molar-refractivity contribution in [1.82, 2.24) is 10.2 Å². The highest BCUT2D eigenvalue weighted by atomic mass is 35.5. The largest absolute Gasteiger partial charge is 0.385 e. The summed E-state index contributed by atoms with van der Waals surface area (Å²) in [6, 6.07) is 0.391. The van der Waals surface area contributed by atoms with E-state index >= 15 is 0 Å². The van der Waals surface area contributed by atoms with Gasteiger partial charge in [0.05, 0.1) is 5.41 Å². The molecule has 0 aromatic carbocycles. The Labute approximate surface area is 116 Å². The number of nitrogens with zero attached hydrogens (tertiary/aromatic N) is 1. The van der Waals surface area contributed by atoms with E-state index in [1.807, 2.05) is 11.9 Å². The lowest BCUT2D eigenvalue weighted by atomic mass is 9.65. The van der Waals surface area contributed by atoms with Crippen molar-refractivity contribution in [2.75, 3.05) is 33.9 Å². The predicted octanol–water partition coefficient (Wildman–Crippen LogP) is 1.44. The molecule has 106 valence electrons. The molecular weight excluding hydrogens is 252 g/mol. The first-order chi connectivity index (χ1) is 8.19. The molecule has 2 fully saturated rings. The van der Waals surface area contributed by atoms with Crippen LogP contribution in [0.2, 0.25) is 0 Å². The van der Waals surface area contributed by atoms with E-state index in [0.717, 1.165) is 38.8 Å². The molecule has 0 bridgehead atoms. The summed E-state index contributed by atoms with van der Waals surface area (Å²) in [5, 5.41) is 3.32. The molecule has 1 unspecified atom stereocenters. The average Bonchev–Trinajstić information content (AvgIpc) is 2.80. The molecule has 5 heteroatoms. The van der Waals surface area contributed by atoms with E-state index in [4.69, 9.17) is 4.74 Å². The summed E-state index contributed by atoms with van der Waals surface area (Å²) in [4.78, 5) is 14.6. The Morgan fingerprint density at radius 1 is 1.50 bits per heavy atom. The summed E-state index contributed by atoms with van der Waals surface area (Å²) in [7, 11) is 3.67. The van der Waals surface area contributed by atoms with E-state index in [2.05, 4.69) is 5.32 Å². The fraction of sp³-hybridized carbons (Fsp3) is 0.923. The van der Waals surface area contributed by atoms with Gasteiger partial charge in [0, 0.05) is 33.4 Å². The second kappa shape index (κ2) is 6.73. The van der Waals surface area contributed by atoms with Gasteiger partial charge in [-0.2, -0.15) is 0 Å². The maximum absolute atomic E-state index is 12.6. The molecule has 2 aliphatic rings. The summed E-state index contributed by atoms with van der Waals surface area (Å²) in [6.07, 6.45) is 5.24. The highest BCUT2D eigenvalue weighted by Gasteiger charge is 2.46. The van der Waals surface area contributed by atoms with Crippen molar-refractivity contribution in [3.05, 3.63) is 0 Å². The Morgan fingerprint density at radius 3 is 2.67 bits per heavy atom. The smallest absolute Gasteiger partial charge is 0.228 e. The Kier molecular flexibility index (Phi) is 5.89. The third-order valence-electron chi connectivity index (χ3n) is 4.45. The number of rotatable bonds is 5. The molecule has 1 N–H and O–H groups in total. The van der Waals surface area contributed by atoms with Crippen LogP contribution in [0.3, 0.4) is 0 Å². The molecule has 0 aromatic heterocycles. The van der Waals surface area contributed by atoms with Crippen LogP contribution in [0.1, 0.15) is 32.1 Å².